The normalized spacial score (nSPS) is 14.9. The molecule has 1 amide bonds. The van der Waals surface area contributed by atoms with Crippen molar-refractivity contribution in [2.75, 3.05) is 51.7 Å². The van der Waals surface area contributed by atoms with Gasteiger partial charge in [-0.05, 0) is 43.4 Å². The molecule has 206 valence electrons. The highest BCUT2D eigenvalue weighted by Crippen LogP contribution is 2.34. The largest absolute Gasteiger partial charge is 0.494 e. The van der Waals surface area contributed by atoms with Crippen LogP contribution in [-0.4, -0.2) is 89.0 Å². The Bertz CT molecular complexity index is 1570. The van der Waals surface area contributed by atoms with E-state index in [0.717, 1.165) is 37.4 Å². The van der Waals surface area contributed by atoms with Crippen LogP contribution >= 0.6 is 0 Å². The van der Waals surface area contributed by atoms with Crippen molar-refractivity contribution in [3.05, 3.63) is 89.5 Å². The van der Waals surface area contributed by atoms with Gasteiger partial charge in [0, 0.05) is 56.9 Å². The minimum absolute atomic E-state index is 0.00833. The first-order chi connectivity index (χ1) is 19.2. The van der Waals surface area contributed by atoms with E-state index in [1.807, 2.05) is 54.6 Å². The van der Waals surface area contributed by atoms with Crippen molar-refractivity contribution in [1.29, 1.82) is 0 Å². The molecule has 9 nitrogen and oxygen atoms in total. The van der Waals surface area contributed by atoms with E-state index in [9.17, 15) is 19.8 Å². The lowest BCUT2D eigenvalue weighted by atomic mass is 10.00. The number of anilines is 1. The van der Waals surface area contributed by atoms with E-state index in [0.29, 0.717) is 34.4 Å². The first-order valence-electron chi connectivity index (χ1n) is 13.2. The van der Waals surface area contributed by atoms with Gasteiger partial charge in [0.15, 0.2) is 0 Å². The van der Waals surface area contributed by atoms with E-state index in [1.54, 1.807) is 35.7 Å². The van der Waals surface area contributed by atoms with Crippen LogP contribution in [0.2, 0.25) is 0 Å². The molecule has 0 radical (unpaired) electrons. The third kappa shape index (κ3) is 5.47. The lowest BCUT2D eigenvalue weighted by molar-refractivity contribution is -0.119. The van der Waals surface area contributed by atoms with Gasteiger partial charge in [-0.25, -0.2) is 9.79 Å². The van der Waals surface area contributed by atoms with Gasteiger partial charge in [0.2, 0.25) is 11.8 Å². The predicted molar refractivity (Wildman–Crippen MR) is 157 cm³/mol. The van der Waals surface area contributed by atoms with E-state index in [-0.39, 0.29) is 17.4 Å². The lowest BCUT2D eigenvalue weighted by Gasteiger charge is -2.32. The molecule has 1 aliphatic heterocycles. The number of nitrogens with zero attached hydrogens (tertiary/aromatic N) is 5. The second-order valence-corrected chi connectivity index (χ2v) is 10.2. The van der Waals surface area contributed by atoms with E-state index >= 15 is 0 Å². The molecule has 1 aromatic heterocycles. The standard InChI is InChI=1S/C31H33N5O4/c1-33-15-17-36(18-16-33)20-27(37)34(2)24-12-10-23(11-13-24)32-29(21-7-5-4-6-8-21)28-25-14-9-22(31(39)40)19-26(25)35(3)30(28)38/h4-14,19,38H,15-18,20H2,1-3H3,(H,39,40). The summed E-state index contributed by atoms with van der Waals surface area (Å²) in [6, 6.07) is 21.8. The maximum absolute atomic E-state index is 12.9. The predicted octanol–water partition coefficient (Wildman–Crippen LogP) is 3.96. The second-order valence-electron chi connectivity index (χ2n) is 10.2. The Hall–Kier alpha value is -4.47. The van der Waals surface area contributed by atoms with Gasteiger partial charge in [-0.15, -0.1) is 0 Å². The summed E-state index contributed by atoms with van der Waals surface area (Å²) in [5, 5.41) is 21.3. The zero-order valence-corrected chi connectivity index (χ0v) is 22.9. The molecule has 5 rings (SSSR count). The number of likely N-dealkylation sites (N-methyl/N-ethyl adjacent to an activating group) is 2. The van der Waals surface area contributed by atoms with Crippen molar-refractivity contribution in [2.24, 2.45) is 12.0 Å². The number of hydrogen-bond acceptors (Lipinski definition) is 6. The summed E-state index contributed by atoms with van der Waals surface area (Å²) in [5.74, 6) is -1.01. The van der Waals surface area contributed by atoms with E-state index < -0.39 is 5.97 Å². The number of carbonyl (C=O) groups is 2. The number of aryl methyl sites for hydroxylation is 1. The molecule has 0 saturated carbocycles. The van der Waals surface area contributed by atoms with Crippen molar-refractivity contribution in [2.45, 2.75) is 0 Å². The molecule has 0 unspecified atom stereocenters. The summed E-state index contributed by atoms with van der Waals surface area (Å²) in [4.78, 5) is 35.5. The fourth-order valence-electron chi connectivity index (χ4n) is 4.98. The van der Waals surface area contributed by atoms with Crippen LogP contribution in [0, 0.1) is 0 Å². The number of hydrogen-bond donors (Lipinski definition) is 2. The van der Waals surface area contributed by atoms with Gasteiger partial charge in [-0.1, -0.05) is 36.4 Å². The van der Waals surface area contributed by atoms with Crippen LogP contribution in [0.3, 0.4) is 0 Å². The highest BCUT2D eigenvalue weighted by Gasteiger charge is 2.23. The van der Waals surface area contributed by atoms with Gasteiger partial charge >= 0.3 is 5.97 Å². The van der Waals surface area contributed by atoms with E-state index in [2.05, 4.69) is 16.8 Å². The molecule has 1 aliphatic rings. The molecule has 0 aliphatic carbocycles. The molecule has 1 saturated heterocycles. The van der Waals surface area contributed by atoms with Crippen LogP contribution in [0.15, 0.2) is 77.8 Å². The summed E-state index contributed by atoms with van der Waals surface area (Å²) in [6.07, 6.45) is 0. The Morgan fingerprint density at radius 1 is 0.900 bits per heavy atom. The van der Waals surface area contributed by atoms with Gasteiger partial charge in [0.1, 0.15) is 0 Å². The van der Waals surface area contributed by atoms with Crippen LogP contribution in [0.5, 0.6) is 5.88 Å². The number of carboxylic acid groups (broad SMARTS) is 1. The monoisotopic (exact) mass is 539 g/mol. The summed E-state index contributed by atoms with van der Waals surface area (Å²) in [6.45, 7) is 4.06. The Morgan fingerprint density at radius 3 is 2.23 bits per heavy atom. The van der Waals surface area contributed by atoms with Crippen molar-refractivity contribution in [1.82, 2.24) is 14.4 Å². The summed E-state index contributed by atoms with van der Waals surface area (Å²) in [7, 11) is 5.57. The Labute approximate surface area is 233 Å². The van der Waals surface area contributed by atoms with Crippen molar-refractivity contribution < 1.29 is 19.8 Å². The fraction of sp³-hybridized carbons (Fsp3) is 0.258. The minimum atomic E-state index is -1.03. The number of rotatable bonds is 7. The van der Waals surface area contributed by atoms with Crippen LogP contribution in [-0.2, 0) is 11.8 Å². The maximum atomic E-state index is 12.9. The molecule has 2 N–H and O–H groups in total. The Balaban J connectivity index is 1.47. The quantitative estimate of drug-likeness (QED) is 0.345. The zero-order valence-electron chi connectivity index (χ0n) is 22.9. The number of carboxylic acids is 1. The number of aromatic carboxylic acids is 1. The van der Waals surface area contributed by atoms with Crippen LogP contribution < -0.4 is 4.90 Å². The molecular weight excluding hydrogens is 506 g/mol. The Morgan fingerprint density at radius 2 is 1.57 bits per heavy atom. The van der Waals surface area contributed by atoms with Crippen molar-refractivity contribution in [3.63, 3.8) is 0 Å². The molecule has 9 heteroatoms. The van der Waals surface area contributed by atoms with Gasteiger partial charge in [0.25, 0.3) is 0 Å². The van der Waals surface area contributed by atoms with Crippen molar-refractivity contribution in [3.8, 4) is 5.88 Å². The highest BCUT2D eigenvalue weighted by molar-refractivity contribution is 6.22. The topological polar surface area (TPSA) is 102 Å². The average Bonchev–Trinajstić information content (AvgIpc) is 3.22. The van der Waals surface area contributed by atoms with Crippen LogP contribution in [0.1, 0.15) is 21.5 Å². The SMILES string of the molecule is CN1CCN(CC(=O)N(C)c2ccc(N=C(c3ccccc3)c3c(O)n(C)c4cc(C(=O)O)ccc34)cc2)CC1. The number of aromatic hydroxyl groups is 1. The number of benzene rings is 3. The van der Waals surface area contributed by atoms with Crippen LogP contribution in [0.4, 0.5) is 11.4 Å². The van der Waals surface area contributed by atoms with Gasteiger partial charge < -0.3 is 24.6 Å². The summed E-state index contributed by atoms with van der Waals surface area (Å²) >= 11 is 0. The van der Waals surface area contributed by atoms with Gasteiger partial charge in [-0.2, -0.15) is 0 Å². The minimum Gasteiger partial charge on any atom is -0.494 e. The number of piperazine rings is 1. The molecule has 4 aromatic rings. The molecule has 0 atom stereocenters. The van der Waals surface area contributed by atoms with Crippen LogP contribution in [0.25, 0.3) is 10.9 Å². The molecule has 1 fully saturated rings. The molecule has 2 heterocycles. The summed E-state index contributed by atoms with van der Waals surface area (Å²) < 4.78 is 1.57. The van der Waals surface area contributed by atoms with Gasteiger partial charge in [0.05, 0.1) is 34.6 Å². The third-order valence-electron chi connectivity index (χ3n) is 7.51. The highest BCUT2D eigenvalue weighted by atomic mass is 16.4. The number of fused-ring (bicyclic) bond motifs is 1. The third-order valence-corrected chi connectivity index (χ3v) is 7.51. The molecule has 40 heavy (non-hydrogen) atoms. The first kappa shape index (κ1) is 27.1. The fourth-order valence-corrected chi connectivity index (χ4v) is 4.98. The number of aliphatic imine (C=N–C) groups is 1. The van der Waals surface area contributed by atoms with Crippen molar-refractivity contribution >= 4 is 39.9 Å². The maximum Gasteiger partial charge on any atom is 0.335 e. The summed E-state index contributed by atoms with van der Waals surface area (Å²) in [5.41, 5.74) is 4.03. The van der Waals surface area contributed by atoms with Gasteiger partial charge in [-0.3, -0.25) is 9.69 Å². The zero-order chi connectivity index (χ0) is 28.4. The van der Waals surface area contributed by atoms with E-state index in [4.69, 9.17) is 4.99 Å². The van der Waals surface area contributed by atoms with E-state index in [1.165, 1.54) is 6.07 Å². The first-order valence-corrected chi connectivity index (χ1v) is 13.2. The average molecular weight is 540 g/mol. The number of aromatic nitrogens is 1. The smallest absolute Gasteiger partial charge is 0.335 e. The number of carbonyl (C=O) groups excluding carboxylic acids is 1. The molecule has 3 aromatic carbocycles. The molecular formula is C31H33N5O4. The lowest BCUT2D eigenvalue weighted by Crippen LogP contribution is -2.48. The number of amides is 1. The Kier molecular flexibility index (Phi) is 7.68. The second kappa shape index (κ2) is 11.3. The molecule has 0 bridgehead atoms. The molecule has 0 spiro atoms.